The van der Waals surface area contributed by atoms with Crippen molar-refractivity contribution in [1.82, 2.24) is 15.5 Å². The summed E-state index contributed by atoms with van der Waals surface area (Å²) in [5.74, 6) is -2.20. The zero-order valence-corrected chi connectivity index (χ0v) is 10.1. The van der Waals surface area contributed by atoms with Crippen molar-refractivity contribution in [3.63, 3.8) is 0 Å². The van der Waals surface area contributed by atoms with Gasteiger partial charge in [0.15, 0.2) is 17.5 Å². The molecule has 4 N–H and O–H groups in total. The summed E-state index contributed by atoms with van der Waals surface area (Å²) >= 11 is 0. The van der Waals surface area contributed by atoms with Gasteiger partial charge in [0.05, 0.1) is 0 Å². The van der Waals surface area contributed by atoms with Crippen LogP contribution in [0, 0.1) is 18.6 Å². The molecule has 0 saturated carbocycles. The van der Waals surface area contributed by atoms with Crippen LogP contribution in [0.5, 0.6) is 0 Å². The van der Waals surface area contributed by atoms with Gasteiger partial charge < -0.3 is 11.1 Å². The molecule has 0 aliphatic carbocycles. The summed E-state index contributed by atoms with van der Waals surface area (Å²) < 4.78 is 25.7. The maximum atomic E-state index is 13.0. The van der Waals surface area contributed by atoms with Gasteiger partial charge in [-0.25, -0.2) is 8.78 Å². The largest absolute Gasteiger partial charge is 0.382 e. The van der Waals surface area contributed by atoms with Gasteiger partial charge in [0.2, 0.25) is 0 Å². The number of amides is 1. The minimum Gasteiger partial charge on any atom is -0.382 e. The Bertz CT molecular complexity index is 605. The van der Waals surface area contributed by atoms with E-state index in [0.29, 0.717) is 11.3 Å². The molecule has 0 radical (unpaired) electrons. The Labute approximate surface area is 107 Å². The lowest BCUT2D eigenvalue weighted by Gasteiger charge is -2.05. The molecule has 19 heavy (non-hydrogen) atoms. The predicted octanol–water partition coefficient (Wildman–Crippen LogP) is 1.51. The van der Waals surface area contributed by atoms with E-state index < -0.39 is 17.5 Å². The molecule has 100 valence electrons. The highest BCUT2D eigenvalue weighted by Crippen LogP contribution is 2.13. The van der Waals surface area contributed by atoms with Gasteiger partial charge >= 0.3 is 0 Å². The lowest BCUT2D eigenvalue weighted by atomic mass is 10.2. The van der Waals surface area contributed by atoms with Crippen molar-refractivity contribution >= 4 is 11.7 Å². The molecule has 0 aliphatic heterocycles. The topological polar surface area (TPSA) is 83.8 Å². The molecule has 5 nitrogen and oxygen atoms in total. The fourth-order valence-electron chi connectivity index (χ4n) is 1.65. The fourth-order valence-corrected chi connectivity index (χ4v) is 1.65. The van der Waals surface area contributed by atoms with Crippen LogP contribution in [0.4, 0.5) is 14.6 Å². The summed E-state index contributed by atoms with van der Waals surface area (Å²) in [4.78, 5) is 11.9. The number of hydrogen-bond donors (Lipinski definition) is 3. The van der Waals surface area contributed by atoms with Gasteiger partial charge in [-0.15, -0.1) is 0 Å². The summed E-state index contributed by atoms with van der Waals surface area (Å²) in [7, 11) is 0. The Balaban J connectivity index is 2.06. The fraction of sp³-hybridized carbons (Fsp3) is 0.167. The van der Waals surface area contributed by atoms with Crippen LogP contribution in [0.25, 0.3) is 0 Å². The van der Waals surface area contributed by atoms with E-state index in [4.69, 9.17) is 5.73 Å². The molecule has 0 fully saturated rings. The lowest BCUT2D eigenvalue weighted by Crippen LogP contribution is -2.24. The smallest absolute Gasteiger partial charge is 0.257 e. The number of aromatic nitrogens is 2. The van der Waals surface area contributed by atoms with Crippen LogP contribution in [0.2, 0.25) is 0 Å². The monoisotopic (exact) mass is 266 g/mol. The molecule has 7 heteroatoms. The highest BCUT2D eigenvalue weighted by molar-refractivity contribution is 5.99. The van der Waals surface area contributed by atoms with E-state index in [9.17, 15) is 13.6 Å². The van der Waals surface area contributed by atoms with E-state index in [2.05, 4.69) is 15.5 Å². The van der Waals surface area contributed by atoms with E-state index in [1.54, 1.807) is 6.92 Å². The minimum absolute atomic E-state index is 0.0695. The van der Waals surface area contributed by atoms with Crippen LogP contribution >= 0.6 is 0 Å². The average Bonchev–Trinajstić information content (AvgIpc) is 2.70. The standard InChI is InChI=1S/C12H12F2N4O/c1-6-10(11(15)18-17-6)12(19)16-5-7-2-3-8(13)9(14)4-7/h2-4H,5H2,1H3,(H,16,19)(H3,15,17,18). The number of aromatic amines is 1. The lowest BCUT2D eigenvalue weighted by molar-refractivity contribution is 0.0951. The minimum atomic E-state index is -0.953. The van der Waals surface area contributed by atoms with Crippen LogP contribution in [0.1, 0.15) is 21.6 Å². The number of anilines is 1. The van der Waals surface area contributed by atoms with Crippen molar-refractivity contribution in [2.75, 3.05) is 5.73 Å². The maximum absolute atomic E-state index is 13.0. The van der Waals surface area contributed by atoms with E-state index in [-0.39, 0.29) is 17.9 Å². The van der Waals surface area contributed by atoms with E-state index >= 15 is 0 Å². The third-order valence-corrected chi connectivity index (χ3v) is 2.64. The Kier molecular flexibility index (Phi) is 3.46. The first kappa shape index (κ1) is 13.0. The van der Waals surface area contributed by atoms with Gasteiger partial charge in [-0.2, -0.15) is 5.10 Å². The maximum Gasteiger partial charge on any atom is 0.257 e. The van der Waals surface area contributed by atoms with E-state index in [1.807, 2.05) is 0 Å². The zero-order valence-electron chi connectivity index (χ0n) is 10.1. The summed E-state index contributed by atoms with van der Waals surface area (Å²) in [6.45, 7) is 1.73. The number of carbonyl (C=O) groups is 1. The van der Waals surface area contributed by atoms with Crippen LogP contribution in [-0.4, -0.2) is 16.1 Å². The second kappa shape index (κ2) is 5.05. The summed E-state index contributed by atoms with van der Waals surface area (Å²) in [6.07, 6.45) is 0. The Morgan fingerprint density at radius 2 is 2.16 bits per heavy atom. The van der Waals surface area contributed by atoms with E-state index in [0.717, 1.165) is 12.1 Å². The number of nitrogen functional groups attached to an aromatic ring is 1. The Hall–Kier alpha value is -2.44. The third-order valence-electron chi connectivity index (χ3n) is 2.64. The number of rotatable bonds is 3. The second-order valence-corrected chi connectivity index (χ2v) is 4.04. The highest BCUT2D eigenvalue weighted by Gasteiger charge is 2.15. The molecule has 2 rings (SSSR count). The number of halogens is 2. The van der Waals surface area contributed by atoms with Gasteiger partial charge in [0, 0.05) is 12.2 Å². The van der Waals surface area contributed by atoms with Crippen molar-refractivity contribution in [1.29, 1.82) is 0 Å². The molecular formula is C12H12F2N4O. The second-order valence-electron chi connectivity index (χ2n) is 4.04. The molecule has 1 amide bonds. The molecule has 1 heterocycles. The SMILES string of the molecule is Cc1[nH]nc(N)c1C(=O)NCc1ccc(F)c(F)c1. The van der Waals surface area contributed by atoms with Gasteiger partial charge in [0.1, 0.15) is 5.56 Å². The first-order chi connectivity index (χ1) is 8.99. The molecule has 2 aromatic rings. The van der Waals surface area contributed by atoms with E-state index in [1.165, 1.54) is 6.07 Å². The van der Waals surface area contributed by atoms with Gasteiger partial charge in [0.25, 0.3) is 5.91 Å². The Morgan fingerprint density at radius 3 is 2.74 bits per heavy atom. The van der Waals surface area contributed by atoms with Crippen molar-refractivity contribution in [2.24, 2.45) is 0 Å². The number of H-pyrrole nitrogens is 1. The van der Waals surface area contributed by atoms with Crippen LogP contribution in [0.3, 0.4) is 0 Å². The average molecular weight is 266 g/mol. The van der Waals surface area contributed by atoms with Gasteiger partial charge in [-0.05, 0) is 24.6 Å². The number of nitrogens with zero attached hydrogens (tertiary/aromatic N) is 1. The molecular weight excluding hydrogens is 254 g/mol. The molecule has 0 saturated heterocycles. The summed E-state index contributed by atoms with van der Waals surface area (Å²) in [5.41, 5.74) is 6.79. The molecule has 0 bridgehead atoms. The highest BCUT2D eigenvalue weighted by atomic mass is 19.2. The number of hydrogen-bond acceptors (Lipinski definition) is 3. The normalized spacial score (nSPS) is 10.5. The van der Waals surface area contributed by atoms with Crippen molar-refractivity contribution in [3.8, 4) is 0 Å². The molecule has 0 unspecified atom stereocenters. The van der Waals surface area contributed by atoms with Crippen LogP contribution in [0.15, 0.2) is 18.2 Å². The van der Waals surface area contributed by atoms with Gasteiger partial charge in [-0.3, -0.25) is 9.89 Å². The van der Waals surface area contributed by atoms with Crippen molar-refractivity contribution in [3.05, 3.63) is 46.7 Å². The van der Waals surface area contributed by atoms with Crippen molar-refractivity contribution < 1.29 is 13.6 Å². The molecule has 0 aliphatic rings. The van der Waals surface area contributed by atoms with Gasteiger partial charge in [-0.1, -0.05) is 6.07 Å². The molecule has 1 aromatic heterocycles. The number of carbonyl (C=O) groups excluding carboxylic acids is 1. The molecule has 0 atom stereocenters. The van der Waals surface area contributed by atoms with Crippen molar-refractivity contribution in [2.45, 2.75) is 13.5 Å². The first-order valence-electron chi connectivity index (χ1n) is 5.51. The summed E-state index contributed by atoms with van der Waals surface area (Å²) in [6, 6.07) is 3.43. The molecule has 1 aromatic carbocycles. The Morgan fingerprint density at radius 1 is 1.42 bits per heavy atom. The number of nitrogens with one attached hydrogen (secondary N) is 2. The number of nitrogens with two attached hydrogens (primary N) is 1. The zero-order chi connectivity index (χ0) is 14.0. The predicted molar refractivity (Wildman–Crippen MR) is 65.3 cm³/mol. The third kappa shape index (κ3) is 2.70. The summed E-state index contributed by atoms with van der Waals surface area (Å²) in [5, 5.41) is 8.85. The molecule has 0 spiro atoms. The number of benzene rings is 1. The first-order valence-corrected chi connectivity index (χ1v) is 5.51. The quantitative estimate of drug-likeness (QED) is 0.787. The van der Waals surface area contributed by atoms with Crippen LogP contribution < -0.4 is 11.1 Å². The number of aryl methyl sites for hydroxylation is 1. The van der Waals surface area contributed by atoms with Crippen LogP contribution in [-0.2, 0) is 6.54 Å².